The monoisotopic (exact) mass is 385 g/mol. The zero-order valence-electron chi connectivity index (χ0n) is 14.8. The van der Waals surface area contributed by atoms with Gasteiger partial charge >= 0.3 is 0 Å². The first kappa shape index (κ1) is 17.9. The van der Waals surface area contributed by atoms with Crippen molar-refractivity contribution >= 4 is 17.2 Å². The fourth-order valence-electron chi connectivity index (χ4n) is 2.98. The van der Waals surface area contributed by atoms with Gasteiger partial charge in [-0.05, 0) is 55.0 Å². The fraction of sp³-hybridized carbons (Fsp3) is 0.350. The van der Waals surface area contributed by atoms with Gasteiger partial charge in [0.15, 0.2) is 0 Å². The standard InChI is InChI=1S/C20H20FN3O2S/c21-15-8-6-14(7-9-15)20-22-18(26-23-20)4-1-5-19(25)24(16-10-11-16)13-17-3-2-12-27-17/h2-3,6-9,12,16H,1,4-5,10-11,13H2. The minimum absolute atomic E-state index is 0.184. The summed E-state index contributed by atoms with van der Waals surface area (Å²) in [7, 11) is 0. The molecule has 0 atom stereocenters. The van der Waals surface area contributed by atoms with E-state index in [0.29, 0.717) is 49.1 Å². The molecule has 1 aliphatic carbocycles. The zero-order valence-corrected chi connectivity index (χ0v) is 15.6. The molecule has 0 aliphatic heterocycles. The van der Waals surface area contributed by atoms with Crippen molar-refractivity contribution in [2.45, 2.75) is 44.7 Å². The van der Waals surface area contributed by atoms with E-state index in [9.17, 15) is 9.18 Å². The molecule has 0 saturated heterocycles. The molecule has 1 aliphatic rings. The number of benzene rings is 1. The Morgan fingerprint density at radius 2 is 2.07 bits per heavy atom. The van der Waals surface area contributed by atoms with E-state index in [4.69, 9.17) is 4.52 Å². The van der Waals surface area contributed by atoms with E-state index in [0.717, 1.165) is 12.8 Å². The number of carbonyl (C=O) groups excluding carboxylic acids is 1. The molecule has 1 saturated carbocycles. The molecule has 0 bridgehead atoms. The van der Waals surface area contributed by atoms with Gasteiger partial charge in [0.2, 0.25) is 17.6 Å². The highest BCUT2D eigenvalue weighted by Crippen LogP contribution is 2.30. The maximum Gasteiger partial charge on any atom is 0.226 e. The van der Waals surface area contributed by atoms with Gasteiger partial charge in [0.1, 0.15) is 5.82 Å². The molecule has 27 heavy (non-hydrogen) atoms. The summed E-state index contributed by atoms with van der Waals surface area (Å²) in [4.78, 5) is 20.2. The van der Waals surface area contributed by atoms with E-state index in [-0.39, 0.29) is 11.7 Å². The Morgan fingerprint density at radius 1 is 1.26 bits per heavy atom. The molecule has 2 aromatic heterocycles. The summed E-state index contributed by atoms with van der Waals surface area (Å²) in [5, 5.41) is 5.98. The van der Waals surface area contributed by atoms with Gasteiger partial charge in [-0.2, -0.15) is 4.98 Å². The Hall–Kier alpha value is -2.54. The number of amides is 1. The van der Waals surface area contributed by atoms with Gasteiger partial charge in [0.05, 0.1) is 6.54 Å². The molecule has 1 fully saturated rings. The van der Waals surface area contributed by atoms with Crippen molar-refractivity contribution in [1.82, 2.24) is 15.0 Å². The Kier molecular flexibility index (Phi) is 5.29. The van der Waals surface area contributed by atoms with Gasteiger partial charge in [0.25, 0.3) is 0 Å². The van der Waals surface area contributed by atoms with E-state index in [2.05, 4.69) is 16.2 Å². The summed E-state index contributed by atoms with van der Waals surface area (Å²) in [5.74, 6) is 0.819. The fourth-order valence-corrected chi connectivity index (χ4v) is 3.69. The second-order valence-electron chi connectivity index (χ2n) is 6.70. The lowest BCUT2D eigenvalue weighted by atomic mass is 10.2. The minimum Gasteiger partial charge on any atom is -0.339 e. The number of aromatic nitrogens is 2. The van der Waals surface area contributed by atoms with Crippen LogP contribution in [0.15, 0.2) is 46.3 Å². The summed E-state index contributed by atoms with van der Waals surface area (Å²) in [5.41, 5.74) is 0.707. The molecular formula is C20H20FN3O2S. The SMILES string of the molecule is O=C(CCCc1nc(-c2ccc(F)cc2)no1)N(Cc1cccs1)C1CC1. The lowest BCUT2D eigenvalue weighted by Crippen LogP contribution is -2.32. The molecule has 2 heterocycles. The molecule has 0 unspecified atom stereocenters. The zero-order chi connectivity index (χ0) is 18.6. The van der Waals surface area contributed by atoms with Gasteiger partial charge in [0, 0.05) is 29.3 Å². The van der Waals surface area contributed by atoms with Crippen LogP contribution in [0, 0.1) is 5.82 Å². The normalized spacial score (nSPS) is 13.7. The van der Waals surface area contributed by atoms with E-state index in [1.54, 1.807) is 23.5 Å². The third-order valence-electron chi connectivity index (χ3n) is 4.57. The highest BCUT2D eigenvalue weighted by Gasteiger charge is 2.32. The maximum absolute atomic E-state index is 13.0. The van der Waals surface area contributed by atoms with Crippen LogP contribution in [0.1, 0.15) is 36.5 Å². The smallest absolute Gasteiger partial charge is 0.226 e. The van der Waals surface area contributed by atoms with Gasteiger partial charge in [-0.15, -0.1) is 11.3 Å². The Labute approximate surface area is 160 Å². The highest BCUT2D eigenvalue weighted by molar-refractivity contribution is 7.09. The highest BCUT2D eigenvalue weighted by atomic mass is 32.1. The molecule has 4 rings (SSSR count). The van der Waals surface area contributed by atoms with Gasteiger partial charge in [-0.25, -0.2) is 4.39 Å². The van der Waals surface area contributed by atoms with Crippen LogP contribution in [0.4, 0.5) is 4.39 Å². The van der Waals surface area contributed by atoms with Crippen molar-refractivity contribution in [3.05, 3.63) is 58.4 Å². The van der Waals surface area contributed by atoms with Crippen molar-refractivity contribution in [1.29, 1.82) is 0 Å². The first-order valence-electron chi connectivity index (χ1n) is 9.09. The molecule has 7 heteroatoms. The van der Waals surface area contributed by atoms with E-state index < -0.39 is 0 Å². The van der Waals surface area contributed by atoms with Crippen molar-refractivity contribution in [3.8, 4) is 11.4 Å². The Bertz CT molecular complexity index is 888. The second-order valence-corrected chi connectivity index (χ2v) is 7.74. The molecular weight excluding hydrogens is 365 g/mol. The molecule has 1 amide bonds. The average molecular weight is 385 g/mol. The summed E-state index contributed by atoms with van der Waals surface area (Å²) >= 11 is 1.69. The summed E-state index contributed by atoms with van der Waals surface area (Å²) in [6.07, 6.45) is 3.88. The van der Waals surface area contributed by atoms with Crippen LogP contribution in [0.25, 0.3) is 11.4 Å². The number of aryl methyl sites for hydroxylation is 1. The molecule has 3 aromatic rings. The molecule has 5 nitrogen and oxygen atoms in total. The third kappa shape index (κ3) is 4.60. The predicted molar refractivity (Wildman–Crippen MR) is 101 cm³/mol. The van der Waals surface area contributed by atoms with Crippen LogP contribution in [-0.2, 0) is 17.8 Å². The van der Waals surface area contributed by atoms with Crippen LogP contribution in [0.3, 0.4) is 0 Å². The quantitative estimate of drug-likeness (QED) is 0.575. The van der Waals surface area contributed by atoms with Gasteiger partial charge < -0.3 is 9.42 Å². The summed E-state index contributed by atoms with van der Waals surface area (Å²) in [6, 6.07) is 10.4. The molecule has 0 N–H and O–H groups in total. The number of carbonyl (C=O) groups is 1. The number of hydrogen-bond acceptors (Lipinski definition) is 5. The predicted octanol–water partition coefficient (Wildman–Crippen LogP) is 4.45. The van der Waals surface area contributed by atoms with Crippen LogP contribution >= 0.6 is 11.3 Å². The van der Waals surface area contributed by atoms with E-state index in [1.165, 1.54) is 17.0 Å². The Balaban J connectivity index is 1.30. The van der Waals surface area contributed by atoms with Crippen LogP contribution in [0.5, 0.6) is 0 Å². The lowest BCUT2D eigenvalue weighted by Gasteiger charge is -2.21. The number of nitrogens with zero attached hydrogens (tertiary/aromatic N) is 3. The number of hydrogen-bond donors (Lipinski definition) is 0. The topological polar surface area (TPSA) is 59.2 Å². The number of halogens is 1. The van der Waals surface area contributed by atoms with Crippen molar-refractivity contribution in [2.24, 2.45) is 0 Å². The maximum atomic E-state index is 13.0. The van der Waals surface area contributed by atoms with Crippen molar-refractivity contribution in [3.63, 3.8) is 0 Å². The average Bonchev–Trinajstić information content (AvgIpc) is 3.17. The Morgan fingerprint density at radius 3 is 2.78 bits per heavy atom. The third-order valence-corrected chi connectivity index (χ3v) is 5.43. The van der Waals surface area contributed by atoms with Crippen LogP contribution < -0.4 is 0 Å². The van der Waals surface area contributed by atoms with Gasteiger partial charge in [-0.1, -0.05) is 11.2 Å². The molecule has 0 radical (unpaired) electrons. The first-order valence-corrected chi connectivity index (χ1v) is 9.97. The molecule has 140 valence electrons. The van der Waals surface area contributed by atoms with E-state index in [1.807, 2.05) is 16.3 Å². The van der Waals surface area contributed by atoms with Crippen LogP contribution in [0.2, 0.25) is 0 Å². The minimum atomic E-state index is -0.302. The number of rotatable bonds is 8. The summed E-state index contributed by atoms with van der Waals surface area (Å²) in [6.45, 7) is 0.705. The molecule has 1 aromatic carbocycles. The largest absolute Gasteiger partial charge is 0.339 e. The summed E-state index contributed by atoms with van der Waals surface area (Å²) < 4.78 is 18.3. The van der Waals surface area contributed by atoms with Crippen molar-refractivity contribution < 1.29 is 13.7 Å². The lowest BCUT2D eigenvalue weighted by molar-refractivity contribution is -0.132. The number of thiophene rings is 1. The second kappa shape index (κ2) is 8.00. The first-order chi connectivity index (χ1) is 13.2. The van der Waals surface area contributed by atoms with Crippen molar-refractivity contribution in [2.75, 3.05) is 0 Å². The van der Waals surface area contributed by atoms with Gasteiger partial charge in [-0.3, -0.25) is 4.79 Å². The van der Waals surface area contributed by atoms with Crippen LogP contribution in [-0.4, -0.2) is 27.0 Å². The van der Waals surface area contributed by atoms with E-state index >= 15 is 0 Å². The molecule has 0 spiro atoms.